The Morgan fingerprint density at radius 3 is 2.55 bits per heavy atom. The maximum atomic E-state index is 5.40. The van der Waals surface area contributed by atoms with Gasteiger partial charge in [0.05, 0.1) is 14.2 Å². The summed E-state index contributed by atoms with van der Waals surface area (Å²) in [5, 5.41) is 3.47. The lowest BCUT2D eigenvalue weighted by Crippen LogP contribution is -2.32. The number of nitrogens with one attached hydrogen (secondary N) is 1. The minimum atomic E-state index is 0. The van der Waals surface area contributed by atoms with Gasteiger partial charge in [-0.25, -0.2) is 0 Å². The summed E-state index contributed by atoms with van der Waals surface area (Å²) in [6.45, 7) is 3.16. The summed E-state index contributed by atoms with van der Waals surface area (Å²) in [7, 11) is 5.55. The Kier molecular flexibility index (Phi) is 8.54. The van der Waals surface area contributed by atoms with Crippen LogP contribution in [0.25, 0.3) is 0 Å². The van der Waals surface area contributed by atoms with E-state index in [0.717, 1.165) is 35.6 Å². The molecule has 0 aromatic heterocycles. The average Bonchev–Trinajstić information content (AvgIpc) is 2.78. The first kappa shape index (κ1) is 19.6. The van der Waals surface area contributed by atoms with E-state index >= 15 is 0 Å². The predicted molar refractivity (Wildman–Crippen MR) is 96.5 cm³/mol. The second-order valence-corrected chi connectivity index (χ2v) is 6.40. The van der Waals surface area contributed by atoms with Crippen LogP contribution < -0.4 is 14.8 Å². The molecule has 0 aliphatic carbocycles. The Morgan fingerprint density at radius 2 is 1.86 bits per heavy atom. The normalized spacial score (nSPS) is 18.5. The molecule has 0 saturated carbocycles. The van der Waals surface area contributed by atoms with E-state index < -0.39 is 0 Å². The largest absolute Gasteiger partial charge is 0.493 e. The van der Waals surface area contributed by atoms with Crippen LogP contribution in [0, 0.1) is 0 Å². The minimum absolute atomic E-state index is 0. The van der Waals surface area contributed by atoms with Gasteiger partial charge in [0.2, 0.25) is 0 Å². The fourth-order valence-corrected chi connectivity index (χ4v) is 3.30. The van der Waals surface area contributed by atoms with Crippen molar-refractivity contribution < 1.29 is 9.47 Å². The maximum Gasteiger partial charge on any atom is 0.161 e. The molecule has 1 N–H and O–H groups in total. The van der Waals surface area contributed by atoms with Crippen LogP contribution in [-0.2, 0) is 6.54 Å². The molecule has 2 rings (SSSR count). The molecule has 1 fully saturated rings. The van der Waals surface area contributed by atoms with Crippen LogP contribution in [0.4, 0.5) is 0 Å². The van der Waals surface area contributed by atoms with E-state index in [-0.39, 0.29) is 12.4 Å². The van der Waals surface area contributed by atoms with Crippen molar-refractivity contribution >= 4 is 28.3 Å². The molecule has 1 aliphatic heterocycles. The Morgan fingerprint density at radius 1 is 1.18 bits per heavy atom. The fourth-order valence-electron chi connectivity index (χ4n) is 2.86. The summed E-state index contributed by atoms with van der Waals surface area (Å²) in [5.74, 6) is 1.54. The first-order chi connectivity index (χ1) is 10.2. The van der Waals surface area contributed by atoms with E-state index in [9.17, 15) is 0 Å². The van der Waals surface area contributed by atoms with Gasteiger partial charge >= 0.3 is 0 Å². The van der Waals surface area contributed by atoms with E-state index in [1.165, 1.54) is 24.8 Å². The highest BCUT2D eigenvalue weighted by Gasteiger charge is 2.18. The molecule has 126 valence electrons. The Labute approximate surface area is 148 Å². The summed E-state index contributed by atoms with van der Waals surface area (Å²) in [6.07, 6.45) is 3.72. The van der Waals surface area contributed by atoms with Crippen molar-refractivity contribution in [2.45, 2.75) is 31.8 Å². The summed E-state index contributed by atoms with van der Waals surface area (Å²) in [4.78, 5) is 2.44. The number of hydrogen-bond donors (Lipinski definition) is 1. The summed E-state index contributed by atoms with van der Waals surface area (Å²) < 4.78 is 11.8. The van der Waals surface area contributed by atoms with E-state index in [4.69, 9.17) is 9.47 Å². The van der Waals surface area contributed by atoms with E-state index in [0.29, 0.717) is 6.04 Å². The second-order valence-electron chi connectivity index (χ2n) is 5.55. The molecular formula is C16H26BrClN2O2. The lowest BCUT2D eigenvalue weighted by molar-refractivity contribution is 0.216. The molecular weight excluding hydrogens is 368 g/mol. The minimum Gasteiger partial charge on any atom is -0.493 e. The lowest BCUT2D eigenvalue weighted by atomic mass is 10.1. The quantitative estimate of drug-likeness (QED) is 0.830. The average molecular weight is 394 g/mol. The zero-order valence-electron chi connectivity index (χ0n) is 13.5. The zero-order chi connectivity index (χ0) is 15.2. The van der Waals surface area contributed by atoms with E-state index in [2.05, 4.69) is 39.3 Å². The molecule has 0 radical (unpaired) electrons. The molecule has 6 heteroatoms. The molecule has 1 heterocycles. The van der Waals surface area contributed by atoms with Gasteiger partial charge in [0.15, 0.2) is 11.5 Å². The van der Waals surface area contributed by atoms with Gasteiger partial charge in [-0.05, 0) is 57.1 Å². The van der Waals surface area contributed by atoms with Gasteiger partial charge in [-0.2, -0.15) is 0 Å². The number of halogens is 2. The molecule has 0 spiro atoms. The molecule has 1 aromatic carbocycles. The van der Waals surface area contributed by atoms with Gasteiger partial charge in [-0.3, -0.25) is 4.90 Å². The smallest absolute Gasteiger partial charge is 0.161 e. The third kappa shape index (κ3) is 5.01. The molecule has 22 heavy (non-hydrogen) atoms. The highest BCUT2D eigenvalue weighted by Crippen LogP contribution is 2.34. The van der Waals surface area contributed by atoms with Crippen molar-refractivity contribution in [3.63, 3.8) is 0 Å². The molecule has 0 amide bonds. The molecule has 4 nitrogen and oxygen atoms in total. The van der Waals surface area contributed by atoms with E-state index in [1.54, 1.807) is 14.2 Å². The van der Waals surface area contributed by atoms with Gasteiger partial charge in [0.1, 0.15) is 0 Å². The summed E-state index contributed by atoms with van der Waals surface area (Å²) in [6, 6.07) is 4.69. The van der Waals surface area contributed by atoms with Crippen LogP contribution in [0.2, 0.25) is 0 Å². The highest BCUT2D eigenvalue weighted by atomic mass is 79.9. The molecule has 1 aromatic rings. The molecule has 1 aliphatic rings. The van der Waals surface area contributed by atoms with Crippen LogP contribution in [0.1, 0.15) is 24.8 Å². The van der Waals surface area contributed by atoms with Gasteiger partial charge in [-0.15, -0.1) is 12.4 Å². The fraction of sp³-hybridized carbons (Fsp3) is 0.625. The number of hydrogen-bond acceptors (Lipinski definition) is 4. The van der Waals surface area contributed by atoms with Crippen LogP contribution >= 0.6 is 28.3 Å². The molecule has 1 atom stereocenters. The molecule has 0 bridgehead atoms. The first-order valence-electron chi connectivity index (χ1n) is 7.47. The topological polar surface area (TPSA) is 33.7 Å². The van der Waals surface area contributed by atoms with Crippen LogP contribution in [0.5, 0.6) is 11.5 Å². The number of ether oxygens (including phenoxy) is 2. The number of methoxy groups -OCH3 is 2. The van der Waals surface area contributed by atoms with Gasteiger partial charge in [0, 0.05) is 17.1 Å². The van der Waals surface area contributed by atoms with Crippen LogP contribution in [-0.4, -0.2) is 45.3 Å². The van der Waals surface area contributed by atoms with E-state index in [1.807, 2.05) is 6.07 Å². The van der Waals surface area contributed by atoms with Crippen LogP contribution in [0.15, 0.2) is 16.6 Å². The molecule has 1 unspecified atom stereocenters. The van der Waals surface area contributed by atoms with Crippen LogP contribution in [0.3, 0.4) is 0 Å². The van der Waals surface area contributed by atoms with Gasteiger partial charge in [0.25, 0.3) is 0 Å². The SMILES string of the molecule is COc1cc(Br)c(CN(C)C2CCCNCC2)cc1OC.Cl. The standard InChI is InChI=1S/C16H25BrN2O2.ClH/c1-19(13-5-4-7-18-8-6-13)11-12-9-15(20-2)16(21-3)10-14(12)17;/h9-10,13,18H,4-8,11H2,1-3H3;1H. The van der Waals surface area contributed by atoms with Gasteiger partial charge in [-0.1, -0.05) is 15.9 Å². The third-order valence-corrected chi connectivity index (χ3v) is 4.88. The maximum absolute atomic E-state index is 5.40. The summed E-state index contributed by atoms with van der Waals surface area (Å²) in [5.41, 5.74) is 1.23. The van der Waals surface area contributed by atoms with Gasteiger partial charge < -0.3 is 14.8 Å². The summed E-state index contributed by atoms with van der Waals surface area (Å²) >= 11 is 3.64. The Balaban J connectivity index is 0.00000242. The third-order valence-electron chi connectivity index (χ3n) is 4.14. The van der Waals surface area contributed by atoms with Crippen molar-refractivity contribution in [1.82, 2.24) is 10.2 Å². The Bertz CT molecular complexity index is 466. The van der Waals surface area contributed by atoms with Crippen molar-refractivity contribution in [3.05, 3.63) is 22.2 Å². The predicted octanol–water partition coefficient (Wildman–Crippen LogP) is 3.46. The number of benzene rings is 1. The Hall–Kier alpha value is -0.490. The number of rotatable bonds is 5. The van der Waals surface area contributed by atoms with Crippen molar-refractivity contribution in [2.75, 3.05) is 34.4 Å². The monoisotopic (exact) mass is 392 g/mol. The lowest BCUT2D eigenvalue weighted by Gasteiger charge is -2.27. The highest BCUT2D eigenvalue weighted by molar-refractivity contribution is 9.10. The van der Waals surface area contributed by atoms with Crippen molar-refractivity contribution in [2.24, 2.45) is 0 Å². The first-order valence-corrected chi connectivity index (χ1v) is 8.26. The molecule has 1 saturated heterocycles. The van der Waals surface area contributed by atoms with Crippen molar-refractivity contribution in [1.29, 1.82) is 0 Å². The second kappa shape index (κ2) is 9.60. The number of nitrogens with zero attached hydrogens (tertiary/aromatic N) is 1. The zero-order valence-corrected chi connectivity index (χ0v) is 15.9. The van der Waals surface area contributed by atoms with Crippen molar-refractivity contribution in [3.8, 4) is 11.5 Å².